The van der Waals surface area contributed by atoms with Crippen molar-refractivity contribution in [3.8, 4) is 0 Å². The standard InChI is InChI=1S/C23H28Cl2N4O2/c1-4-6-11-29(12-7-5-2)23-26-13-16-19(15-9-8-10-17(24)20(15)25)18(22(30)31)14(3)27-21(16)28-23/h8-10,13,19H,4-7,11-12H2,1-3H3,(H,30,31)(H,26,27,28). The average molecular weight is 463 g/mol. The summed E-state index contributed by atoms with van der Waals surface area (Å²) in [6.07, 6.45) is 6.00. The average Bonchev–Trinajstić information content (AvgIpc) is 2.74. The zero-order valence-corrected chi connectivity index (χ0v) is 19.6. The van der Waals surface area contributed by atoms with E-state index in [0.717, 1.165) is 38.8 Å². The van der Waals surface area contributed by atoms with Gasteiger partial charge in [-0.25, -0.2) is 9.78 Å². The van der Waals surface area contributed by atoms with E-state index in [1.54, 1.807) is 31.3 Å². The van der Waals surface area contributed by atoms with Crippen molar-refractivity contribution < 1.29 is 9.90 Å². The van der Waals surface area contributed by atoms with E-state index in [1.807, 2.05) is 0 Å². The molecule has 0 bridgehead atoms. The van der Waals surface area contributed by atoms with Crippen LogP contribution in [0, 0.1) is 0 Å². The third-order valence-corrected chi connectivity index (χ3v) is 6.32. The van der Waals surface area contributed by atoms with Crippen LogP contribution in [-0.2, 0) is 4.79 Å². The molecular weight excluding hydrogens is 435 g/mol. The summed E-state index contributed by atoms with van der Waals surface area (Å²) in [5.41, 5.74) is 2.03. The second-order valence-electron chi connectivity index (χ2n) is 7.71. The Morgan fingerprint density at radius 3 is 2.45 bits per heavy atom. The Kier molecular flexibility index (Phi) is 7.79. The second kappa shape index (κ2) is 10.3. The number of nitrogens with zero attached hydrogens (tertiary/aromatic N) is 3. The minimum Gasteiger partial charge on any atom is -0.478 e. The summed E-state index contributed by atoms with van der Waals surface area (Å²) in [6.45, 7) is 7.83. The van der Waals surface area contributed by atoms with Gasteiger partial charge in [0.05, 0.1) is 15.6 Å². The van der Waals surface area contributed by atoms with Gasteiger partial charge in [0.25, 0.3) is 0 Å². The number of aliphatic carboxylic acids is 1. The molecule has 6 nitrogen and oxygen atoms in total. The molecule has 0 aliphatic carbocycles. The topological polar surface area (TPSA) is 78.4 Å². The number of fused-ring (bicyclic) bond motifs is 1. The quantitative estimate of drug-likeness (QED) is 0.468. The van der Waals surface area contributed by atoms with E-state index < -0.39 is 11.9 Å². The van der Waals surface area contributed by atoms with Gasteiger partial charge in [-0.15, -0.1) is 0 Å². The normalized spacial score (nSPS) is 15.5. The first-order valence-electron chi connectivity index (χ1n) is 10.7. The van der Waals surface area contributed by atoms with Crippen molar-refractivity contribution >= 4 is 40.9 Å². The van der Waals surface area contributed by atoms with Crippen LogP contribution < -0.4 is 10.2 Å². The molecule has 2 aromatic rings. The van der Waals surface area contributed by atoms with E-state index in [0.29, 0.717) is 38.6 Å². The molecule has 166 valence electrons. The minimum atomic E-state index is -1.02. The molecule has 0 amide bonds. The highest BCUT2D eigenvalue weighted by Gasteiger charge is 2.35. The summed E-state index contributed by atoms with van der Waals surface area (Å²) >= 11 is 12.7. The number of anilines is 2. The maximum absolute atomic E-state index is 12.1. The lowest BCUT2D eigenvalue weighted by Gasteiger charge is -2.30. The number of benzene rings is 1. The molecular formula is C23H28Cl2N4O2. The van der Waals surface area contributed by atoms with Crippen LogP contribution in [0.4, 0.5) is 11.8 Å². The van der Waals surface area contributed by atoms with Gasteiger partial charge in [0.15, 0.2) is 0 Å². The molecule has 1 aromatic carbocycles. The highest BCUT2D eigenvalue weighted by molar-refractivity contribution is 6.42. The van der Waals surface area contributed by atoms with Crippen LogP contribution in [0.2, 0.25) is 10.0 Å². The number of aromatic nitrogens is 2. The number of nitrogens with one attached hydrogen (secondary N) is 1. The Hall–Kier alpha value is -2.31. The summed E-state index contributed by atoms with van der Waals surface area (Å²) < 4.78 is 0. The first kappa shape index (κ1) is 23.4. The number of rotatable bonds is 9. The van der Waals surface area contributed by atoms with Crippen molar-refractivity contribution in [2.45, 2.75) is 52.4 Å². The third kappa shape index (κ3) is 4.96. The summed E-state index contributed by atoms with van der Waals surface area (Å²) in [6, 6.07) is 5.25. The van der Waals surface area contributed by atoms with Gasteiger partial charge in [0.2, 0.25) is 5.95 Å². The van der Waals surface area contributed by atoms with Gasteiger partial charge < -0.3 is 15.3 Å². The largest absolute Gasteiger partial charge is 0.478 e. The molecule has 2 N–H and O–H groups in total. The summed E-state index contributed by atoms with van der Waals surface area (Å²) in [5.74, 6) is -0.385. The number of unbranched alkanes of at least 4 members (excludes halogenated alkanes) is 2. The molecule has 0 radical (unpaired) electrons. The number of carboxylic acid groups (broad SMARTS) is 1. The van der Waals surface area contributed by atoms with E-state index in [-0.39, 0.29) is 5.57 Å². The zero-order chi connectivity index (χ0) is 22.5. The van der Waals surface area contributed by atoms with Crippen LogP contribution in [0.5, 0.6) is 0 Å². The first-order valence-corrected chi connectivity index (χ1v) is 11.4. The molecule has 1 aliphatic rings. The second-order valence-corrected chi connectivity index (χ2v) is 8.50. The molecule has 2 heterocycles. The number of allylic oxidation sites excluding steroid dienone is 1. The van der Waals surface area contributed by atoms with Crippen LogP contribution in [0.15, 0.2) is 35.7 Å². The smallest absolute Gasteiger partial charge is 0.334 e. The van der Waals surface area contributed by atoms with Crippen molar-refractivity contribution in [3.05, 3.63) is 56.8 Å². The predicted molar refractivity (Wildman–Crippen MR) is 126 cm³/mol. The Bertz CT molecular complexity index is 986. The molecule has 0 spiro atoms. The van der Waals surface area contributed by atoms with Crippen LogP contribution >= 0.6 is 23.2 Å². The Labute approximate surface area is 193 Å². The molecule has 0 fully saturated rings. The van der Waals surface area contributed by atoms with E-state index >= 15 is 0 Å². The molecule has 8 heteroatoms. The Balaban J connectivity index is 2.10. The maximum Gasteiger partial charge on any atom is 0.334 e. The van der Waals surface area contributed by atoms with Crippen LogP contribution in [0.1, 0.15) is 63.5 Å². The van der Waals surface area contributed by atoms with Gasteiger partial charge in [0, 0.05) is 36.5 Å². The van der Waals surface area contributed by atoms with Gasteiger partial charge >= 0.3 is 5.97 Å². The Morgan fingerprint density at radius 2 is 1.84 bits per heavy atom. The molecule has 1 unspecified atom stereocenters. The molecule has 1 aromatic heterocycles. The van der Waals surface area contributed by atoms with Gasteiger partial charge in [-0.1, -0.05) is 62.0 Å². The Morgan fingerprint density at radius 1 is 1.16 bits per heavy atom. The first-order chi connectivity index (χ1) is 14.9. The molecule has 0 saturated heterocycles. The maximum atomic E-state index is 12.1. The highest BCUT2D eigenvalue weighted by Crippen LogP contribution is 2.44. The van der Waals surface area contributed by atoms with Crippen molar-refractivity contribution in [2.24, 2.45) is 0 Å². The molecule has 0 saturated carbocycles. The van der Waals surface area contributed by atoms with Crippen molar-refractivity contribution in [1.82, 2.24) is 9.97 Å². The lowest BCUT2D eigenvalue weighted by molar-refractivity contribution is -0.132. The van der Waals surface area contributed by atoms with Gasteiger partial charge in [0.1, 0.15) is 5.82 Å². The van der Waals surface area contributed by atoms with Crippen LogP contribution in [0.25, 0.3) is 0 Å². The molecule has 31 heavy (non-hydrogen) atoms. The number of hydrogen-bond acceptors (Lipinski definition) is 5. The number of carbonyl (C=O) groups is 1. The number of halogens is 2. The van der Waals surface area contributed by atoms with Crippen LogP contribution in [-0.4, -0.2) is 34.1 Å². The fourth-order valence-electron chi connectivity index (χ4n) is 3.82. The number of hydrogen-bond donors (Lipinski definition) is 2. The minimum absolute atomic E-state index is 0.210. The number of carboxylic acids is 1. The summed E-state index contributed by atoms with van der Waals surface area (Å²) in [5, 5.41) is 13.8. The van der Waals surface area contributed by atoms with Crippen molar-refractivity contribution in [3.63, 3.8) is 0 Å². The third-order valence-electron chi connectivity index (χ3n) is 5.48. The van der Waals surface area contributed by atoms with E-state index in [4.69, 9.17) is 28.2 Å². The summed E-state index contributed by atoms with van der Waals surface area (Å²) in [4.78, 5) is 23.8. The van der Waals surface area contributed by atoms with Crippen LogP contribution in [0.3, 0.4) is 0 Å². The SMILES string of the molecule is CCCCN(CCCC)c1ncc2c(n1)NC(C)=C(C(=O)O)C2c1cccc(Cl)c1Cl. The molecule has 1 aliphatic heterocycles. The predicted octanol–water partition coefficient (Wildman–Crippen LogP) is 6.11. The lowest BCUT2D eigenvalue weighted by atomic mass is 9.82. The molecule has 3 rings (SSSR count). The van der Waals surface area contributed by atoms with Gasteiger partial charge in [-0.2, -0.15) is 4.98 Å². The van der Waals surface area contributed by atoms with E-state index in [9.17, 15) is 9.90 Å². The van der Waals surface area contributed by atoms with Gasteiger partial charge in [-0.3, -0.25) is 0 Å². The molecule has 1 atom stereocenters. The van der Waals surface area contributed by atoms with E-state index in [1.165, 1.54) is 0 Å². The fourth-order valence-corrected chi connectivity index (χ4v) is 4.24. The fraction of sp³-hybridized carbons (Fsp3) is 0.435. The summed E-state index contributed by atoms with van der Waals surface area (Å²) in [7, 11) is 0. The lowest BCUT2D eigenvalue weighted by Crippen LogP contribution is -2.29. The highest BCUT2D eigenvalue weighted by atomic mass is 35.5. The van der Waals surface area contributed by atoms with E-state index in [2.05, 4.69) is 29.0 Å². The monoisotopic (exact) mass is 462 g/mol. The van der Waals surface area contributed by atoms with Crippen molar-refractivity contribution in [1.29, 1.82) is 0 Å². The van der Waals surface area contributed by atoms with Crippen molar-refractivity contribution in [2.75, 3.05) is 23.3 Å². The zero-order valence-electron chi connectivity index (χ0n) is 18.1. The van der Waals surface area contributed by atoms with Gasteiger partial charge in [-0.05, 0) is 31.4 Å².